The van der Waals surface area contributed by atoms with Gasteiger partial charge in [0.2, 0.25) is 5.91 Å². The van der Waals surface area contributed by atoms with Gasteiger partial charge in [0.15, 0.2) is 6.61 Å². The van der Waals surface area contributed by atoms with E-state index in [0.29, 0.717) is 0 Å². The predicted octanol–water partition coefficient (Wildman–Crippen LogP) is 1.13. The van der Waals surface area contributed by atoms with Crippen LogP contribution in [0.1, 0.15) is 31.1 Å². The molecule has 1 aromatic carbocycles. The van der Waals surface area contributed by atoms with Crippen LogP contribution in [0.5, 0.6) is 5.75 Å². The molecule has 0 saturated heterocycles. The van der Waals surface area contributed by atoms with Gasteiger partial charge in [0.25, 0.3) is 11.6 Å². The van der Waals surface area contributed by atoms with Crippen molar-refractivity contribution in [3.8, 4) is 5.75 Å². The number of rotatable bonds is 7. The Kier molecular flexibility index (Phi) is 7.26. The van der Waals surface area contributed by atoms with Crippen molar-refractivity contribution in [2.75, 3.05) is 27.3 Å². The Morgan fingerprint density at radius 3 is 2.41 bits per heavy atom. The quantitative estimate of drug-likeness (QED) is 0.426. The second-order valence-electron chi connectivity index (χ2n) is 6.77. The van der Waals surface area contributed by atoms with Crippen LogP contribution in [-0.4, -0.2) is 60.5 Å². The van der Waals surface area contributed by atoms with Gasteiger partial charge in [-0.25, -0.2) is 4.79 Å². The van der Waals surface area contributed by atoms with Gasteiger partial charge in [-0.15, -0.1) is 0 Å². The van der Waals surface area contributed by atoms with E-state index < -0.39 is 28.9 Å². The number of ether oxygens (including phenoxy) is 2. The highest BCUT2D eigenvalue weighted by Crippen LogP contribution is 2.24. The molecule has 1 rings (SSSR count). The average molecular weight is 381 g/mol. The fraction of sp³-hybridized carbons (Fsp3) is 0.471. The van der Waals surface area contributed by atoms with Crippen molar-refractivity contribution >= 4 is 23.5 Å². The number of nitrogens with one attached hydrogen (secondary N) is 1. The number of nitro groups is 1. The van der Waals surface area contributed by atoms with Gasteiger partial charge in [0.1, 0.15) is 11.3 Å². The van der Waals surface area contributed by atoms with Crippen LogP contribution in [0.15, 0.2) is 18.2 Å². The Bertz CT molecular complexity index is 741. The summed E-state index contributed by atoms with van der Waals surface area (Å²) in [6.45, 7) is 4.60. The fourth-order valence-corrected chi connectivity index (χ4v) is 2.05. The molecule has 0 radical (unpaired) electrons. The fourth-order valence-electron chi connectivity index (χ4n) is 2.05. The third-order valence-electron chi connectivity index (χ3n) is 3.26. The number of amides is 2. The maximum Gasteiger partial charge on any atom is 0.342 e. The third kappa shape index (κ3) is 6.92. The molecule has 0 heterocycles. The summed E-state index contributed by atoms with van der Waals surface area (Å²) in [7, 11) is 2.69. The maximum atomic E-state index is 12.2. The lowest BCUT2D eigenvalue weighted by molar-refractivity contribution is -0.384. The number of methoxy groups -OCH3 is 1. The van der Waals surface area contributed by atoms with E-state index in [1.165, 1.54) is 26.3 Å². The minimum absolute atomic E-state index is 0.0796. The van der Waals surface area contributed by atoms with E-state index in [2.05, 4.69) is 5.32 Å². The van der Waals surface area contributed by atoms with Crippen molar-refractivity contribution in [2.45, 2.75) is 26.3 Å². The molecule has 27 heavy (non-hydrogen) atoms. The van der Waals surface area contributed by atoms with E-state index in [9.17, 15) is 24.5 Å². The number of esters is 1. The van der Waals surface area contributed by atoms with Gasteiger partial charge in [-0.3, -0.25) is 19.7 Å². The minimum Gasteiger partial charge on any atom is -0.496 e. The lowest BCUT2D eigenvalue weighted by atomic mass is 10.1. The maximum absolute atomic E-state index is 12.2. The molecule has 0 bridgehead atoms. The van der Waals surface area contributed by atoms with Crippen LogP contribution < -0.4 is 10.1 Å². The molecule has 0 unspecified atom stereocenters. The lowest BCUT2D eigenvalue weighted by Gasteiger charge is -2.23. The van der Waals surface area contributed by atoms with Crippen LogP contribution in [0.4, 0.5) is 5.69 Å². The van der Waals surface area contributed by atoms with Crippen molar-refractivity contribution in [1.82, 2.24) is 10.2 Å². The number of carbonyl (C=O) groups is 3. The van der Waals surface area contributed by atoms with Crippen molar-refractivity contribution in [2.24, 2.45) is 0 Å². The van der Waals surface area contributed by atoms with E-state index in [-0.39, 0.29) is 29.5 Å². The molecule has 0 aromatic heterocycles. The van der Waals surface area contributed by atoms with Gasteiger partial charge in [-0.05, 0) is 26.8 Å². The molecule has 0 aliphatic carbocycles. The van der Waals surface area contributed by atoms with Crippen LogP contribution in [0.3, 0.4) is 0 Å². The molecule has 0 spiro atoms. The molecule has 10 heteroatoms. The predicted molar refractivity (Wildman–Crippen MR) is 95.5 cm³/mol. The molecule has 0 saturated carbocycles. The second-order valence-corrected chi connectivity index (χ2v) is 6.77. The molecule has 2 amide bonds. The summed E-state index contributed by atoms with van der Waals surface area (Å²) in [5, 5.41) is 13.6. The Hall–Kier alpha value is -3.17. The molecular weight excluding hydrogens is 358 g/mol. The average Bonchev–Trinajstić information content (AvgIpc) is 2.56. The first kappa shape index (κ1) is 21.9. The van der Waals surface area contributed by atoms with Crippen LogP contribution in [-0.2, 0) is 14.3 Å². The number of nitro benzene ring substituents is 1. The monoisotopic (exact) mass is 381 g/mol. The Morgan fingerprint density at radius 1 is 1.26 bits per heavy atom. The van der Waals surface area contributed by atoms with Gasteiger partial charge in [-0.2, -0.15) is 0 Å². The van der Waals surface area contributed by atoms with Crippen LogP contribution in [0.2, 0.25) is 0 Å². The molecular formula is C17H23N3O7. The van der Waals surface area contributed by atoms with Crippen molar-refractivity contribution < 1.29 is 28.8 Å². The highest BCUT2D eigenvalue weighted by atomic mass is 16.6. The number of likely N-dealkylation sites (N-methyl/N-ethyl adjacent to an activating group) is 1. The number of non-ortho nitro benzene ring substituents is 1. The summed E-state index contributed by atoms with van der Waals surface area (Å²) >= 11 is 0. The summed E-state index contributed by atoms with van der Waals surface area (Å²) < 4.78 is 9.89. The van der Waals surface area contributed by atoms with E-state index in [0.717, 1.165) is 11.0 Å². The molecule has 1 aromatic rings. The number of nitrogens with zero attached hydrogens (tertiary/aromatic N) is 2. The van der Waals surface area contributed by atoms with E-state index in [4.69, 9.17) is 9.47 Å². The van der Waals surface area contributed by atoms with Crippen molar-refractivity contribution in [1.29, 1.82) is 0 Å². The normalized spacial score (nSPS) is 10.7. The Labute approximate surface area is 156 Å². The highest BCUT2D eigenvalue weighted by Gasteiger charge is 2.22. The van der Waals surface area contributed by atoms with Crippen LogP contribution in [0.25, 0.3) is 0 Å². The highest BCUT2D eigenvalue weighted by molar-refractivity contribution is 5.95. The second kappa shape index (κ2) is 8.97. The van der Waals surface area contributed by atoms with E-state index in [1.807, 2.05) is 0 Å². The standard InChI is InChI=1S/C17H23N3O7/c1-17(2,3)18-14(21)9-19(4)15(22)10-27-16(23)12-8-11(20(24)25)6-7-13(12)26-5/h6-8H,9-10H2,1-5H3,(H,18,21). The summed E-state index contributed by atoms with van der Waals surface area (Å²) in [5.41, 5.74) is -0.927. The number of carbonyl (C=O) groups excluding carboxylic acids is 3. The first-order chi connectivity index (χ1) is 12.4. The van der Waals surface area contributed by atoms with Crippen molar-refractivity contribution in [3.63, 3.8) is 0 Å². The largest absolute Gasteiger partial charge is 0.496 e. The first-order valence-corrected chi connectivity index (χ1v) is 7.99. The summed E-state index contributed by atoms with van der Waals surface area (Å²) in [4.78, 5) is 47.3. The lowest BCUT2D eigenvalue weighted by Crippen LogP contribution is -2.46. The van der Waals surface area contributed by atoms with Gasteiger partial charge >= 0.3 is 5.97 Å². The first-order valence-electron chi connectivity index (χ1n) is 7.99. The number of hydrogen-bond acceptors (Lipinski definition) is 7. The van der Waals surface area contributed by atoms with Gasteiger partial charge in [-0.1, -0.05) is 0 Å². The molecule has 148 valence electrons. The summed E-state index contributed by atoms with van der Waals surface area (Å²) in [6, 6.07) is 3.45. The van der Waals surface area contributed by atoms with Gasteiger partial charge in [0.05, 0.1) is 18.6 Å². The molecule has 0 aliphatic rings. The van der Waals surface area contributed by atoms with Gasteiger partial charge < -0.3 is 19.7 Å². The van der Waals surface area contributed by atoms with Crippen LogP contribution in [0, 0.1) is 10.1 Å². The Morgan fingerprint density at radius 2 is 1.89 bits per heavy atom. The van der Waals surface area contributed by atoms with E-state index in [1.54, 1.807) is 20.8 Å². The topological polar surface area (TPSA) is 128 Å². The zero-order valence-electron chi connectivity index (χ0n) is 15.9. The minimum atomic E-state index is -0.948. The van der Waals surface area contributed by atoms with Crippen molar-refractivity contribution in [3.05, 3.63) is 33.9 Å². The van der Waals surface area contributed by atoms with Crippen LogP contribution >= 0.6 is 0 Å². The smallest absolute Gasteiger partial charge is 0.342 e. The molecule has 0 aliphatic heterocycles. The summed E-state index contributed by atoms with van der Waals surface area (Å²) in [5.74, 6) is -1.82. The molecule has 0 fully saturated rings. The summed E-state index contributed by atoms with van der Waals surface area (Å²) in [6.07, 6.45) is 0. The zero-order valence-corrected chi connectivity index (χ0v) is 15.9. The third-order valence-corrected chi connectivity index (χ3v) is 3.26. The molecule has 10 nitrogen and oxygen atoms in total. The SMILES string of the molecule is COc1ccc([N+](=O)[O-])cc1C(=O)OCC(=O)N(C)CC(=O)NC(C)(C)C. The van der Waals surface area contributed by atoms with E-state index >= 15 is 0 Å². The Balaban J connectivity index is 2.71. The van der Waals surface area contributed by atoms with Gasteiger partial charge in [0, 0.05) is 24.7 Å². The number of benzene rings is 1. The molecule has 0 atom stereocenters. The zero-order chi connectivity index (χ0) is 20.8. The number of hydrogen-bond donors (Lipinski definition) is 1. The molecule has 1 N–H and O–H groups in total.